The van der Waals surface area contributed by atoms with Crippen molar-refractivity contribution in [3.63, 3.8) is 0 Å². The Hall–Kier alpha value is -0.0900. The van der Waals surface area contributed by atoms with Gasteiger partial charge in [-0.2, -0.15) is 0 Å². The molecule has 2 atom stereocenters. The smallest absolute Gasteiger partial charge is 0.150 e. The Morgan fingerprint density at radius 1 is 1.31 bits per heavy atom. The van der Waals surface area contributed by atoms with Gasteiger partial charge in [-0.05, 0) is 25.7 Å². The summed E-state index contributed by atoms with van der Waals surface area (Å²) in [5, 5.41) is 9.16. The van der Waals surface area contributed by atoms with E-state index in [0.29, 0.717) is 6.42 Å². The van der Waals surface area contributed by atoms with Gasteiger partial charge in [0.25, 0.3) is 0 Å². The van der Waals surface area contributed by atoms with Crippen LogP contribution in [0, 0.1) is 5.92 Å². The van der Waals surface area contributed by atoms with E-state index in [1.807, 2.05) is 6.92 Å². The number of aliphatic hydroxyl groups is 1. The molecule has 0 aliphatic carbocycles. The molecule has 0 radical (unpaired) electrons. The molecule has 0 aromatic carbocycles. The van der Waals surface area contributed by atoms with E-state index >= 15 is 0 Å². The molecule has 0 amide bonds. The number of hydrogen-bond acceptors (Lipinski definition) is 3. The van der Waals surface area contributed by atoms with Crippen molar-refractivity contribution in [3.8, 4) is 0 Å². The lowest BCUT2D eigenvalue weighted by molar-refractivity contribution is 0.130. The van der Waals surface area contributed by atoms with Crippen LogP contribution in [0.25, 0.3) is 0 Å². The SMILES string of the molecule is CCS(=O)(=O)CCCC(C)C(C)O. The standard InChI is InChI=1S/C9H20O3S/c1-4-13(11,12)7-5-6-8(2)9(3)10/h8-10H,4-7H2,1-3H3. The molecule has 0 heterocycles. The van der Waals surface area contributed by atoms with E-state index < -0.39 is 9.84 Å². The first kappa shape index (κ1) is 12.9. The fourth-order valence-electron chi connectivity index (χ4n) is 1.01. The van der Waals surface area contributed by atoms with Gasteiger partial charge in [0.1, 0.15) is 9.84 Å². The summed E-state index contributed by atoms with van der Waals surface area (Å²) in [6.45, 7) is 5.33. The molecular formula is C9H20O3S. The second kappa shape index (κ2) is 5.60. The second-order valence-electron chi connectivity index (χ2n) is 3.60. The number of sulfone groups is 1. The van der Waals surface area contributed by atoms with Crippen LogP contribution in [0.3, 0.4) is 0 Å². The van der Waals surface area contributed by atoms with E-state index in [1.165, 1.54) is 0 Å². The Bertz CT molecular complexity index is 219. The largest absolute Gasteiger partial charge is 0.393 e. The summed E-state index contributed by atoms with van der Waals surface area (Å²) >= 11 is 0. The zero-order valence-electron chi connectivity index (χ0n) is 8.66. The lowest BCUT2D eigenvalue weighted by atomic mass is 10.0. The van der Waals surface area contributed by atoms with Crippen LogP contribution < -0.4 is 0 Å². The average molecular weight is 208 g/mol. The van der Waals surface area contributed by atoms with Crippen molar-refractivity contribution in [1.82, 2.24) is 0 Å². The predicted octanol–water partition coefficient (Wildman–Crippen LogP) is 1.22. The van der Waals surface area contributed by atoms with Gasteiger partial charge in [-0.15, -0.1) is 0 Å². The van der Waals surface area contributed by atoms with Crippen LogP contribution >= 0.6 is 0 Å². The summed E-state index contributed by atoms with van der Waals surface area (Å²) in [4.78, 5) is 0. The maximum Gasteiger partial charge on any atom is 0.150 e. The maximum atomic E-state index is 11.1. The van der Waals surface area contributed by atoms with Gasteiger partial charge in [0.2, 0.25) is 0 Å². The minimum atomic E-state index is -2.82. The van der Waals surface area contributed by atoms with Crippen molar-refractivity contribution in [1.29, 1.82) is 0 Å². The van der Waals surface area contributed by atoms with Crippen molar-refractivity contribution >= 4 is 9.84 Å². The van der Waals surface area contributed by atoms with Crippen LogP contribution in [0.15, 0.2) is 0 Å². The Labute approximate surface area is 81.1 Å². The third kappa shape index (κ3) is 6.05. The minimum absolute atomic E-state index is 0.187. The molecule has 0 saturated heterocycles. The zero-order chi connectivity index (χ0) is 10.5. The molecule has 0 aliphatic rings. The maximum absolute atomic E-state index is 11.1. The van der Waals surface area contributed by atoms with E-state index in [1.54, 1.807) is 13.8 Å². The summed E-state index contributed by atoms with van der Waals surface area (Å²) in [5.74, 6) is 0.656. The molecule has 3 nitrogen and oxygen atoms in total. The van der Waals surface area contributed by atoms with Gasteiger partial charge in [0, 0.05) is 5.75 Å². The molecule has 1 N–H and O–H groups in total. The van der Waals surface area contributed by atoms with Gasteiger partial charge < -0.3 is 5.11 Å². The first-order valence-electron chi connectivity index (χ1n) is 4.77. The fraction of sp³-hybridized carbons (Fsp3) is 1.00. The van der Waals surface area contributed by atoms with E-state index in [9.17, 15) is 8.42 Å². The zero-order valence-corrected chi connectivity index (χ0v) is 9.47. The van der Waals surface area contributed by atoms with Gasteiger partial charge in [0.15, 0.2) is 0 Å². The first-order chi connectivity index (χ1) is 5.89. The van der Waals surface area contributed by atoms with Crippen LogP contribution in [-0.4, -0.2) is 31.1 Å². The van der Waals surface area contributed by atoms with Gasteiger partial charge in [-0.3, -0.25) is 0 Å². The highest BCUT2D eigenvalue weighted by atomic mass is 32.2. The molecular weight excluding hydrogens is 188 g/mol. The highest BCUT2D eigenvalue weighted by Crippen LogP contribution is 2.11. The summed E-state index contributed by atoms with van der Waals surface area (Å²) in [6, 6.07) is 0. The van der Waals surface area contributed by atoms with Gasteiger partial charge in [0.05, 0.1) is 11.9 Å². The highest BCUT2D eigenvalue weighted by Gasteiger charge is 2.11. The molecule has 0 rings (SSSR count). The van der Waals surface area contributed by atoms with Crippen molar-refractivity contribution < 1.29 is 13.5 Å². The average Bonchev–Trinajstić information content (AvgIpc) is 2.04. The van der Waals surface area contributed by atoms with Crippen LogP contribution in [0.5, 0.6) is 0 Å². The molecule has 0 saturated carbocycles. The first-order valence-corrected chi connectivity index (χ1v) is 6.59. The number of hydrogen-bond donors (Lipinski definition) is 1. The Morgan fingerprint density at radius 3 is 2.23 bits per heavy atom. The van der Waals surface area contributed by atoms with Crippen molar-refractivity contribution in [2.45, 2.75) is 39.7 Å². The van der Waals surface area contributed by atoms with Gasteiger partial charge in [-0.1, -0.05) is 13.8 Å². The summed E-state index contributed by atoms with van der Waals surface area (Å²) in [6.07, 6.45) is 1.09. The van der Waals surface area contributed by atoms with E-state index in [-0.39, 0.29) is 23.5 Å². The van der Waals surface area contributed by atoms with Crippen LogP contribution in [0.1, 0.15) is 33.6 Å². The summed E-state index contributed by atoms with van der Waals surface area (Å²) < 4.78 is 22.2. The third-order valence-electron chi connectivity index (χ3n) is 2.38. The second-order valence-corrected chi connectivity index (χ2v) is 6.07. The molecule has 2 unspecified atom stereocenters. The third-order valence-corrected chi connectivity index (χ3v) is 4.17. The lowest BCUT2D eigenvalue weighted by Gasteiger charge is -2.13. The summed E-state index contributed by atoms with van der Waals surface area (Å²) in [7, 11) is -2.82. The normalized spacial score (nSPS) is 16.9. The quantitative estimate of drug-likeness (QED) is 0.714. The van der Waals surface area contributed by atoms with E-state index in [0.717, 1.165) is 6.42 Å². The molecule has 0 aliphatic heterocycles. The molecule has 4 heteroatoms. The van der Waals surface area contributed by atoms with Gasteiger partial charge >= 0.3 is 0 Å². The lowest BCUT2D eigenvalue weighted by Crippen LogP contribution is -2.15. The van der Waals surface area contributed by atoms with Crippen molar-refractivity contribution in [3.05, 3.63) is 0 Å². The van der Waals surface area contributed by atoms with Crippen molar-refractivity contribution in [2.24, 2.45) is 5.92 Å². The van der Waals surface area contributed by atoms with Gasteiger partial charge in [-0.25, -0.2) is 8.42 Å². The van der Waals surface area contributed by atoms with E-state index in [2.05, 4.69) is 0 Å². The molecule has 0 bridgehead atoms. The summed E-state index contributed by atoms with van der Waals surface area (Å²) in [5.41, 5.74) is 0. The molecule has 80 valence electrons. The molecule has 13 heavy (non-hydrogen) atoms. The van der Waals surface area contributed by atoms with E-state index in [4.69, 9.17) is 5.11 Å². The number of aliphatic hydroxyl groups excluding tert-OH is 1. The topological polar surface area (TPSA) is 54.4 Å². The monoisotopic (exact) mass is 208 g/mol. The molecule has 0 spiro atoms. The molecule has 0 fully saturated rings. The fourth-order valence-corrected chi connectivity index (χ4v) is 1.91. The van der Waals surface area contributed by atoms with Crippen LogP contribution in [-0.2, 0) is 9.84 Å². The predicted molar refractivity (Wildman–Crippen MR) is 54.4 cm³/mol. The van der Waals surface area contributed by atoms with Crippen molar-refractivity contribution in [2.75, 3.05) is 11.5 Å². The Morgan fingerprint density at radius 2 is 1.85 bits per heavy atom. The minimum Gasteiger partial charge on any atom is -0.393 e. The van der Waals surface area contributed by atoms with Crippen LogP contribution in [0.4, 0.5) is 0 Å². The molecule has 0 aromatic heterocycles. The van der Waals surface area contributed by atoms with Crippen LogP contribution in [0.2, 0.25) is 0 Å². The Balaban J connectivity index is 3.69. The highest BCUT2D eigenvalue weighted by molar-refractivity contribution is 7.91. The number of rotatable bonds is 6. The Kier molecular flexibility index (Phi) is 5.56. The molecule has 0 aromatic rings.